The summed E-state index contributed by atoms with van der Waals surface area (Å²) in [4.78, 5) is 11.2. The molecule has 0 radical (unpaired) electrons. The molecule has 0 rings (SSSR count). The van der Waals surface area contributed by atoms with Crippen molar-refractivity contribution in [3.63, 3.8) is 0 Å². The molecule has 0 aliphatic heterocycles. The molecular weight excluding hydrogens is 196 g/mol. The topological polar surface area (TPSA) is 66.8 Å². The fourth-order valence-corrected chi connectivity index (χ4v) is 1.49. The van der Waals surface area contributed by atoms with Crippen LogP contribution in [0.25, 0.3) is 0 Å². The average Bonchev–Trinajstić information content (AvgIpc) is 2.16. The van der Waals surface area contributed by atoms with Crippen LogP contribution in [0.5, 0.6) is 0 Å². The second-order valence-corrected chi connectivity index (χ2v) is 3.97. The molecule has 90 valence electrons. The summed E-state index contributed by atoms with van der Waals surface area (Å²) in [7, 11) is 0. The number of aliphatic carboxylic acids is 1. The third-order valence-corrected chi connectivity index (χ3v) is 2.71. The standard InChI is InChI=1S/C11H22O4/c1-5-7-11(6-2,10(13)14)15-9(4)8(3)12/h8-9,12H,5-7H2,1-4H3,(H,13,14). The van der Waals surface area contributed by atoms with Gasteiger partial charge in [-0.2, -0.15) is 0 Å². The number of ether oxygens (including phenoxy) is 1. The largest absolute Gasteiger partial charge is 0.479 e. The summed E-state index contributed by atoms with van der Waals surface area (Å²) >= 11 is 0. The maximum Gasteiger partial charge on any atom is 0.335 e. The number of carbonyl (C=O) groups is 1. The van der Waals surface area contributed by atoms with E-state index in [1.807, 2.05) is 6.92 Å². The van der Waals surface area contributed by atoms with E-state index in [2.05, 4.69) is 0 Å². The first kappa shape index (κ1) is 14.4. The van der Waals surface area contributed by atoms with Gasteiger partial charge >= 0.3 is 5.97 Å². The zero-order valence-electron chi connectivity index (χ0n) is 9.99. The Morgan fingerprint density at radius 3 is 2.20 bits per heavy atom. The van der Waals surface area contributed by atoms with Gasteiger partial charge in [-0.15, -0.1) is 0 Å². The van der Waals surface area contributed by atoms with Gasteiger partial charge in [-0.05, 0) is 26.7 Å². The maximum atomic E-state index is 11.2. The van der Waals surface area contributed by atoms with E-state index in [9.17, 15) is 15.0 Å². The number of rotatable bonds is 7. The SMILES string of the molecule is CCCC(CC)(OC(C)C(C)O)C(=O)O. The van der Waals surface area contributed by atoms with Crippen molar-refractivity contribution in [1.29, 1.82) is 0 Å². The molecule has 15 heavy (non-hydrogen) atoms. The van der Waals surface area contributed by atoms with Crippen LogP contribution in [0.2, 0.25) is 0 Å². The Hall–Kier alpha value is -0.610. The Bertz CT molecular complexity index is 203. The van der Waals surface area contributed by atoms with Crippen molar-refractivity contribution in [3.8, 4) is 0 Å². The number of aliphatic hydroxyl groups excluding tert-OH is 1. The summed E-state index contributed by atoms with van der Waals surface area (Å²) in [6, 6.07) is 0. The van der Waals surface area contributed by atoms with Gasteiger partial charge in [0.15, 0.2) is 5.60 Å². The molecule has 0 aliphatic rings. The second kappa shape index (κ2) is 6.08. The van der Waals surface area contributed by atoms with Gasteiger partial charge < -0.3 is 14.9 Å². The van der Waals surface area contributed by atoms with Crippen LogP contribution in [0.3, 0.4) is 0 Å². The molecule has 0 aliphatic carbocycles. The molecule has 3 unspecified atom stereocenters. The minimum absolute atomic E-state index is 0.410. The van der Waals surface area contributed by atoms with E-state index >= 15 is 0 Å². The zero-order valence-corrected chi connectivity index (χ0v) is 9.99. The van der Waals surface area contributed by atoms with E-state index in [0.717, 1.165) is 6.42 Å². The van der Waals surface area contributed by atoms with Gasteiger partial charge in [0.2, 0.25) is 0 Å². The second-order valence-electron chi connectivity index (χ2n) is 3.97. The summed E-state index contributed by atoms with van der Waals surface area (Å²) in [5.74, 6) is -0.945. The van der Waals surface area contributed by atoms with Gasteiger partial charge in [-0.1, -0.05) is 20.3 Å². The normalized spacial score (nSPS) is 19.3. The minimum atomic E-state index is -1.15. The molecule has 0 aromatic rings. The lowest BCUT2D eigenvalue weighted by Crippen LogP contribution is -2.45. The lowest BCUT2D eigenvalue weighted by atomic mass is 9.94. The predicted octanol–water partition coefficient (Wildman–Crippen LogP) is 1.81. The van der Waals surface area contributed by atoms with E-state index in [0.29, 0.717) is 12.8 Å². The van der Waals surface area contributed by atoms with Crippen molar-refractivity contribution in [3.05, 3.63) is 0 Å². The molecule has 0 saturated carbocycles. The van der Waals surface area contributed by atoms with Crippen LogP contribution >= 0.6 is 0 Å². The number of hydrogen-bond donors (Lipinski definition) is 2. The minimum Gasteiger partial charge on any atom is -0.479 e. The Morgan fingerprint density at radius 2 is 1.93 bits per heavy atom. The molecule has 0 fully saturated rings. The number of aliphatic hydroxyl groups is 1. The van der Waals surface area contributed by atoms with Crippen LogP contribution in [0, 0.1) is 0 Å². The third-order valence-electron chi connectivity index (χ3n) is 2.71. The summed E-state index contributed by atoms with van der Waals surface area (Å²) in [6.07, 6.45) is 0.496. The lowest BCUT2D eigenvalue weighted by molar-refractivity contribution is -0.182. The average molecular weight is 218 g/mol. The van der Waals surface area contributed by atoms with Crippen molar-refractivity contribution in [2.45, 2.75) is 64.8 Å². The predicted molar refractivity (Wildman–Crippen MR) is 57.8 cm³/mol. The number of carboxylic acid groups (broad SMARTS) is 1. The third kappa shape index (κ3) is 3.80. The van der Waals surface area contributed by atoms with E-state index < -0.39 is 23.8 Å². The summed E-state index contributed by atoms with van der Waals surface area (Å²) in [6.45, 7) is 6.99. The van der Waals surface area contributed by atoms with Gasteiger partial charge in [-0.25, -0.2) is 4.79 Å². The van der Waals surface area contributed by atoms with E-state index in [1.54, 1.807) is 20.8 Å². The Labute approximate surface area is 91.3 Å². The molecule has 0 saturated heterocycles. The van der Waals surface area contributed by atoms with Gasteiger partial charge in [-0.3, -0.25) is 0 Å². The quantitative estimate of drug-likeness (QED) is 0.684. The molecule has 0 spiro atoms. The van der Waals surface area contributed by atoms with Gasteiger partial charge in [0.1, 0.15) is 0 Å². The fraction of sp³-hybridized carbons (Fsp3) is 0.909. The van der Waals surface area contributed by atoms with Gasteiger partial charge in [0, 0.05) is 0 Å². The number of hydrogen-bond acceptors (Lipinski definition) is 3. The van der Waals surface area contributed by atoms with Crippen molar-refractivity contribution >= 4 is 5.97 Å². The van der Waals surface area contributed by atoms with Crippen LogP contribution in [-0.4, -0.2) is 34.0 Å². The molecule has 2 N–H and O–H groups in total. The van der Waals surface area contributed by atoms with E-state index in [-0.39, 0.29) is 0 Å². The van der Waals surface area contributed by atoms with Crippen LogP contribution in [0.1, 0.15) is 47.0 Å². The highest BCUT2D eigenvalue weighted by Gasteiger charge is 2.39. The van der Waals surface area contributed by atoms with Crippen molar-refractivity contribution in [1.82, 2.24) is 0 Å². The van der Waals surface area contributed by atoms with E-state index in [4.69, 9.17) is 4.74 Å². The Kier molecular flexibility index (Phi) is 5.83. The lowest BCUT2D eigenvalue weighted by Gasteiger charge is -2.32. The summed E-state index contributed by atoms with van der Waals surface area (Å²) < 4.78 is 5.50. The van der Waals surface area contributed by atoms with Crippen molar-refractivity contribution in [2.24, 2.45) is 0 Å². The molecule has 0 bridgehead atoms. The first-order chi connectivity index (χ1) is 6.89. The fourth-order valence-electron chi connectivity index (χ4n) is 1.49. The smallest absolute Gasteiger partial charge is 0.335 e. The Morgan fingerprint density at radius 1 is 1.40 bits per heavy atom. The molecule has 4 heteroatoms. The molecule has 0 aromatic heterocycles. The molecule has 0 amide bonds. The first-order valence-corrected chi connectivity index (χ1v) is 5.49. The monoisotopic (exact) mass is 218 g/mol. The van der Waals surface area contributed by atoms with Crippen LogP contribution in [-0.2, 0) is 9.53 Å². The van der Waals surface area contributed by atoms with Crippen LogP contribution in [0.4, 0.5) is 0 Å². The van der Waals surface area contributed by atoms with Gasteiger partial charge in [0.25, 0.3) is 0 Å². The Balaban J connectivity index is 4.68. The zero-order chi connectivity index (χ0) is 12.1. The highest BCUT2D eigenvalue weighted by Crippen LogP contribution is 2.25. The van der Waals surface area contributed by atoms with Gasteiger partial charge in [0.05, 0.1) is 12.2 Å². The summed E-state index contributed by atoms with van der Waals surface area (Å²) in [5.41, 5.74) is -1.15. The summed E-state index contributed by atoms with van der Waals surface area (Å²) in [5, 5.41) is 18.5. The molecule has 4 nitrogen and oxygen atoms in total. The molecule has 0 aromatic carbocycles. The van der Waals surface area contributed by atoms with Crippen molar-refractivity contribution in [2.75, 3.05) is 0 Å². The van der Waals surface area contributed by atoms with Crippen LogP contribution < -0.4 is 0 Å². The highest BCUT2D eigenvalue weighted by atomic mass is 16.5. The van der Waals surface area contributed by atoms with E-state index in [1.165, 1.54) is 0 Å². The molecule has 3 atom stereocenters. The maximum absolute atomic E-state index is 11.2. The highest BCUT2D eigenvalue weighted by molar-refractivity contribution is 5.77. The van der Waals surface area contributed by atoms with Crippen molar-refractivity contribution < 1.29 is 19.7 Å². The molecule has 0 heterocycles. The first-order valence-electron chi connectivity index (χ1n) is 5.49. The molecular formula is C11H22O4. The number of carboxylic acids is 1. The van der Waals surface area contributed by atoms with Crippen LogP contribution in [0.15, 0.2) is 0 Å².